The molecule has 8 heteroatoms. The Bertz CT molecular complexity index is 1200. The predicted octanol–water partition coefficient (Wildman–Crippen LogP) is 4.48. The number of carbonyl (C=O) groups excluding carboxylic acids is 2. The molecule has 2 heterocycles. The van der Waals surface area contributed by atoms with Crippen molar-refractivity contribution in [3.63, 3.8) is 0 Å². The number of nitrogens with one attached hydrogen (secondary N) is 1. The highest BCUT2D eigenvalue weighted by Crippen LogP contribution is 2.23. The second kappa shape index (κ2) is 10.4. The third-order valence-electron chi connectivity index (χ3n) is 6.80. The van der Waals surface area contributed by atoms with Crippen molar-refractivity contribution < 1.29 is 9.59 Å². The molecule has 3 aromatic rings. The van der Waals surface area contributed by atoms with Crippen LogP contribution in [0.5, 0.6) is 0 Å². The lowest BCUT2D eigenvalue weighted by atomic mass is 9.94. The van der Waals surface area contributed by atoms with Gasteiger partial charge in [0, 0.05) is 47.0 Å². The minimum Gasteiger partial charge on any atom is -0.339 e. The number of rotatable bonds is 6. The lowest BCUT2D eigenvalue weighted by Crippen LogP contribution is -2.38. The first-order chi connectivity index (χ1) is 16.7. The summed E-state index contributed by atoms with van der Waals surface area (Å²) in [7, 11) is 1.89. The summed E-state index contributed by atoms with van der Waals surface area (Å²) < 4.78 is 1.70. The maximum Gasteiger partial charge on any atom is 0.253 e. The zero-order valence-electron chi connectivity index (χ0n) is 21.3. The second-order valence-electron chi connectivity index (χ2n) is 9.52. The quantitative estimate of drug-likeness (QED) is 0.569. The van der Waals surface area contributed by atoms with Crippen molar-refractivity contribution in [1.29, 1.82) is 0 Å². The van der Waals surface area contributed by atoms with Crippen LogP contribution in [0.3, 0.4) is 0 Å². The van der Waals surface area contributed by atoms with Gasteiger partial charge in [-0.2, -0.15) is 5.10 Å². The predicted molar refractivity (Wildman–Crippen MR) is 136 cm³/mol. The summed E-state index contributed by atoms with van der Waals surface area (Å²) in [5, 5.41) is 7.52. The molecule has 0 bridgehead atoms. The minimum absolute atomic E-state index is 0.0297. The Kier molecular flexibility index (Phi) is 7.28. The summed E-state index contributed by atoms with van der Waals surface area (Å²) in [5.74, 6) is 0.394. The van der Waals surface area contributed by atoms with Gasteiger partial charge in [0.2, 0.25) is 5.91 Å². The molecule has 0 aliphatic heterocycles. The number of benzene rings is 1. The summed E-state index contributed by atoms with van der Waals surface area (Å²) in [6.45, 7) is 7.65. The Labute approximate surface area is 206 Å². The normalized spacial score (nSPS) is 14.1. The summed E-state index contributed by atoms with van der Waals surface area (Å²) in [6.07, 6.45) is 5.95. The topological polar surface area (TPSA) is 93.0 Å². The highest BCUT2D eigenvalue weighted by molar-refractivity contribution is 5.96. The molecule has 2 aromatic heterocycles. The van der Waals surface area contributed by atoms with Crippen LogP contribution in [-0.2, 0) is 11.2 Å². The first kappa shape index (κ1) is 24.6. The van der Waals surface area contributed by atoms with Gasteiger partial charge in [0.15, 0.2) is 0 Å². The molecule has 1 aromatic carbocycles. The van der Waals surface area contributed by atoms with E-state index in [1.165, 1.54) is 19.3 Å². The van der Waals surface area contributed by atoms with Crippen LogP contribution in [0.1, 0.15) is 70.8 Å². The molecule has 1 aliphatic carbocycles. The first-order valence-corrected chi connectivity index (χ1v) is 12.3. The van der Waals surface area contributed by atoms with Crippen molar-refractivity contribution in [2.75, 3.05) is 12.4 Å². The Morgan fingerprint density at radius 2 is 1.63 bits per heavy atom. The van der Waals surface area contributed by atoms with E-state index in [9.17, 15) is 9.59 Å². The van der Waals surface area contributed by atoms with Crippen molar-refractivity contribution in [1.82, 2.24) is 24.6 Å². The van der Waals surface area contributed by atoms with Crippen molar-refractivity contribution in [2.45, 2.75) is 72.3 Å². The van der Waals surface area contributed by atoms with E-state index in [0.717, 1.165) is 41.2 Å². The number of aromatic nitrogens is 4. The molecule has 1 N–H and O–H groups in total. The smallest absolute Gasteiger partial charge is 0.253 e. The zero-order chi connectivity index (χ0) is 25.1. The highest BCUT2D eigenvalue weighted by atomic mass is 16.2. The molecule has 0 radical (unpaired) electrons. The fraction of sp³-hybridized carbons (Fsp3) is 0.444. The lowest BCUT2D eigenvalue weighted by molar-refractivity contribution is -0.115. The third kappa shape index (κ3) is 5.58. The molecule has 0 unspecified atom stereocenters. The molecular weight excluding hydrogens is 440 g/mol. The molecule has 0 atom stereocenters. The Hall–Kier alpha value is -3.55. The number of hydrogen-bond donors (Lipinski definition) is 1. The van der Waals surface area contributed by atoms with E-state index in [1.54, 1.807) is 28.9 Å². The Balaban J connectivity index is 1.41. The number of hydrogen-bond acceptors (Lipinski definition) is 5. The summed E-state index contributed by atoms with van der Waals surface area (Å²) >= 11 is 0. The van der Waals surface area contributed by atoms with Gasteiger partial charge in [-0.15, -0.1) is 0 Å². The van der Waals surface area contributed by atoms with E-state index >= 15 is 0 Å². The second-order valence-corrected chi connectivity index (χ2v) is 9.52. The summed E-state index contributed by atoms with van der Waals surface area (Å²) in [5.41, 5.74) is 5.50. The van der Waals surface area contributed by atoms with E-state index < -0.39 is 0 Å². The largest absolute Gasteiger partial charge is 0.339 e. The molecule has 4 rings (SSSR count). The van der Waals surface area contributed by atoms with Gasteiger partial charge in [-0.25, -0.2) is 14.6 Å². The van der Waals surface area contributed by atoms with Gasteiger partial charge >= 0.3 is 0 Å². The van der Waals surface area contributed by atoms with Gasteiger partial charge in [0.25, 0.3) is 11.9 Å². The SMILES string of the molecule is Cc1cc(C)nc(-n2nc(C)c(CC(=O)Nc3ccc(C(=O)N(C)C4CCCCC4)cc3)c2C)n1. The number of aryl methyl sites for hydroxylation is 3. The molecule has 1 fully saturated rings. The van der Waals surface area contributed by atoms with Gasteiger partial charge in [-0.3, -0.25) is 9.59 Å². The molecular formula is C27H34N6O2. The number of amides is 2. The van der Waals surface area contributed by atoms with Crippen LogP contribution in [0.25, 0.3) is 5.95 Å². The molecule has 2 amide bonds. The van der Waals surface area contributed by atoms with Crippen LogP contribution in [-0.4, -0.2) is 49.6 Å². The molecule has 8 nitrogen and oxygen atoms in total. The molecule has 184 valence electrons. The van der Waals surface area contributed by atoms with Crippen LogP contribution in [0.2, 0.25) is 0 Å². The van der Waals surface area contributed by atoms with Crippen molar-refractivity contribution >= 4 is 17.5 Å². The van der Waals surface area contributed by atoms with Crippen LogP contribution in [0.15, 0.2) is 30.3 Å². The van der Waals surface area contributed by atoms with Gasteiger partial charge in [0.05, 0.1) is 12.1 Å². The standard InChI is InChI=1S/C27H34N6O2/c1-17-15-18(2)29-27(28-17)33-20(4)24(19(3)31-33)16-25(34)30-22-13-11-21(12-14-22)26(35)32(5)23-9-7-6-8-10-23/h11-15,23H,6-10,16H2,1-5H3,(H,30,34). The van der Waals surface area contributed by atoms with Crippen molar-refractivity contribution in [3.8, 4) is 5.95 Å². The number of anilines is 1. The zero-order valence-corrected chi connectivity index (χ0v) is 21.3. The highest BCUT2D eigenvalue weighted by Gasteiger charge is 2.23. The Morgan fingerprint density at radius 1 is 1.00 bits per heavy atom. The van der Waals surface area contributed by atoms with E-state index in [4.69, 9.17) is 0 Å². The van der Waals surface area contributed by atoms with E-state index in [2.05, 4.69) is 20.4 Å². The van der Waals surface area contributed by atoms with Crippen molar-refractivity contribution in [2.24, 2.45) is 0 Å². The fourth-order valence-electron chi connectivity index (χ4n) is 4.83. The monoisotopic (exact) mass is 474 g/mol. The number of carbonyl (C=O) groups is 2. The molecule has 0 spiro atoms. The Morgan fingerprint density at radius 3 is 2.26 bits per heavy atom. The van der Waals surface area contributed by atoms with Gasteiger partial charge in [0.1, 0.15) is 0 Å². The summed E-state index contributed by atoms with van der Waals surface area (Å²) in [6, 6.07) is 9.36. The molecule has 1 aliphatic rings. The number of nitrogens with zero attached hydrogens (tertiary/aromatic N) is 5. The van der Waals surface area contributed by atoms with E-state index in [1.807, 2.05) is 45.7 Å². The van der Waals surface area contributed by atoms with Gasteiger partial charge in [-0.1, -0.05) is 19.3 Å². The van der Waals surface area contributed by atoms with E-state index in [-0.39, 0.29) is 18.2 Å². The average Bonchev–Trinajstić information content (AvgIpc) is 3.12. The molecule has 35 heavy (non-hydrogen) atoms. The minimum atomic E-state index is -0.143. The maximum atomic E-state index is 12.9. The average molecular weight is 475 g/mol. The maximum absolute atomic E-state index is 12.9. The molecule has 1 saturated carbocycles. The third-order valence-corrected chi connectivity index (χ3v) is 6.80. The summed E-state index contributed by atoms with van der Waals surface area (Å²) in [4.78, 5) is 36.5. The fourth-order valence-corrected chi connectivity index (χ4v) is 4.83. The lowest BCUT2D eigenvalue weighted by Gasteiger charge is -2.31. The van der Waals surface area contributed by atoms with E-state index in [0.29, 0.717) is 23.2 Å². The van der Waals surface area contributed by atoms with Crippen LogP contribution >= 0.6 is 0 Å². The van der Waals surface area contributed by atoms with Gasteiger partial charge < -0.3 is 10.2 Å². The van der Waals surface area contributed by atoms with Crippen LogP contribution in [0.4, 0.5) is 5.69 Å². The van der Waals surface area contributed by atoms with Crippen molar-refractivity contribution in [3.05, 3.63) is 64.2 Å². The van der Waals surface area contributed by atoms with Crippen LogP contribution < -0.4 is 5.32 Å². The molecule has 0 saturated heterocycles. The van der Waals surface area contributed by atoms with Gasteiger partial charge in [-0.05, 0) is 70.9 Å². The first-order valence-electron chi connectivity index (χ1n) is 12.3. The van der Waals surface area contributed by atoms with Crippen LogP contribution in [0, 0.1) is 27.7 Å².